The van der Waals surface area contributed by atoms with E-state index in [0.29, 0.717) is 18.2 Å². The maximum Gasteiger partial charge on any atom is 0.252 e. The third-order valence-electron chi connectivity index (χ3n) is 3.82. The molecule has 0 bridgehead atoms. The minimum Gasteiger partial charge on any atom is -0.351 e. The van der Waals surface area contributed by atoms with Crippen LogP contribution in [0.1, 0.15) is 40.4 Å². The molecule has 0 saturated heterocycles. The molecule has 1 aromatic carbocycles. The fourth-order valence-electron chi connectivity index (χ4n) is 2.65. The van der Waals surface area contributed by atoms with Crippen LogP contribution in [0.15, 0.2) is 22.7 Å². The molecule has 1 N–H and O–H groups in total. The number of pyridine rings is 1. The SMILES string of the molecule is Cc1c(C2CC2)nc2ccc(Br)cc2c1C(=O)NCCS. The molecule has 1 aromatic heterocycles. The molecule has 0 atom stereocenters. The Morgan fingerprint density at radius 2 is 2.24 bits per heavy atom. The van der Waals surface area contributed by atoms with Gasteiger partial charge in [0.15, 0.2) is 0 Å². The smallest absolute Gasteiger partial charge is 0.252 e. The van der Waals surface area contributed by atoms with Gasteiger partial charge in [-0.25, -0.2) is 0 Å². The summed E-state index contributed by atoms with van der Waals surface area (Å²) in [5.41, 5.74) is 3.74. The minimum absolute atomic E-state index is 0.0334. The number of carbonyl (C=O) groups is 1. The summed E-state index contributed by atoms with van der Waals surface area (Å²) in [6.07, 6.45) is 2.35. The van der Waals surface area contributed by atoms with Crippen molar-refractivity contribution in [1.82, 2.24) is 10.3 Å². The predicted octanol–water partition coefficient (Wildman–Crippen LogP) is 3.84. The van der Waals surface area contributed by atoms with Gasteiger partial charge in [0.2, 0.25) is 0 Å². The van der Waals surface area contributed by atoms with E-state index in [-0.39, 0.29) is 5.91 Å². The fraction of sp³-hybridized carbons (Fsp3) is 0.375. The molecule has 2 aromatic rings. The van der Waals surface area contributed by atoms with Crippen molar-refractivity contribution >= 4 is 45.4 Å². The van der Waals surface area contributed by atoms with E-state index in [0.717, 1.165) is 32.2 Å². The van der Waals surface area contributed by atoms with Crippen molar-refractivity contribution in [2.24, 2.45) is 0 Å². The Balaban J connectivity index is 2.19. The van der Waals surface area contributed by atoms with Crippen molar-refractivity contribution < 1.29 is 4.79 Å². The zero-order valence-electron chi connectivity index (χ0n) is 11.8. The van der Waals surface area contributed by atoms with Gasteiger partial charge in [0.1, 0.15) is 0 Å². The van der Waals surface area contributed by atoms with Crippen molar-refractivity contribution in [3.63, 3.8) is 0 Å². The van der Waals surface area contributed by atoms with Gasteiger partial charge in [-0.05, 0) is 43.5 Å². The Hall–Kier alpha value is -1.07. The first kappa shape index (κ1) is 14.9. The Kier molecular flexibility index (Phi) is 4.22. The molecule has 3 nitrogen and oxygen atoms in total. The summed E-state index contributed by atoms with van der Waals surface area (Å²) in [6, 6.07) is 5.92. The molecule has 0 spiro atoms. The van der Waals surface area contributed by atoms with E-state index in [1.165, 1.54) is 12.8 Å². The van der Waals surface area contributed by atoms with Crippen LogP contribution in [0.5, 0.6) is 0 Å². The van der Waals surface area contributed by atoms with Crippen LogP contribution < -0.4 is 5.32 Å². The summed E-state index contributed by atoms with van der Waals surface area (Å²) in [5, 5.41) is 3.83. The first-order valence-corrected chi connectivity index (χ1v) is 8.53. The van der Waals surface area contributed by atoms with E-state index in [2.05, 4.69) is 33.9 Å². The lowest BCUT2D eigenvalue weighted by atomic mass is 9.99. The van der Waals surface area contributed by atoms with Gasteiger partial charge in [0.25, 0.3) is 5.91 Å². The van der Waals surface area contributed by atoms with E-state index in [1.54, 1.807) is 0 Å². The fourth-order valence-corrected chi connectivity index (χ4v) is 3.13. The summed E-state index contributed by atoms with van der Waals surface area (Å²) >= 11 is 7.63. The Bertz CT molecular complexity index is 713. The number of rotatable bonds is 4. The Labute approximate surface area is 138 Å². The largest absolute Gasteiger partial charge is 0.351 e. The van der Waals surface area contributed by atoms with Gasteiger partial charge in [0.05, 0.1) is 11.1 Å². The molecule has 1 aliphatic rings. The lowest BCUT2D eigenvalue weighted by Gasteiger charge is -2.14. The molecule has 3 rings (SSSR count). The van der Waals surface area contributed by atoms with Crippen molar-refractivity contribution in [3.8, 4) is 0 Å². The molecular formula is C16H17BrN2OS. The molecule has 21 heavy (non-hydrogen) atoms. The topological polar surface area (TPSA) is 42.0 Å². The second-order valence-electron chi connectivity index (χ2n) is 5.41. The summed E-state index contributed by atoms with van der Waals surface area (Å²) in [4.78, 5) is 17.3. The lowest BCUT2D eigenvalue weighted by Crippen LogP contribution is -2.26. The number of benzene rings is 1. The minimum atomic E-state index is -0.0334. The highest BCUT2D eigenvalue weighted by Crippen LogP contribution is 2.42. The highest BCUT2D eigenvalue weighted by atomic mass is 79.9. The van der Waals surface area contributed by atoms with E-state index in [1.807, 2.05) is 25.1 Å². The Morgan fingerprint density at radius 3 is 2.90 bits per heavy atom. The van der Waals surface area contributed by atoms with Crippen molar-refractivity contribution in [2.75, 3.05) is 12.3 Å². The van der Waals surface area contributed by atoms with Gasteiger partial charge in [-0.2, -0.15) is 12.6 Å². The van der Waals surface area contributed by atoms with Crippen LogP contribution in [0.3, 0.4) is 0 Å². The van der Waals surface area contributed by atoms with Crippen LogP contribution in [0.4, 0.5) is 0 Å². The number of amides is 1. The summed E-state index contributed by atoms with van der Waals surface area (Å²) in [5.74, 6) is 1.12. The molecule has 1 fully saturated rings. The van der Waals surface area contributed by atoms with E-state index in [4.69, 9.17) is 4.98 Å². The zero-order chi connectivity index (χ0) is 15.0. The number of halogens is 1. The van der Waals surface area contributed by atoms with E-state index >= 15 is 0 Å². The van der Waals surface area contributed by atoms with Crippen LogP contribution in [-0.2, 0) is 0 Å². The molecule has 1 saturated carbocycles. The molecule has 1 heterocycles. The molecule has 0 aliphatic heterocycles. The van der Waals surface area contributed by atoms with Gasteiger partial charge in [0, 0.05) is 33.8 Å². The number of aromatic nitrogens is 1. The molecule has 1 aliphatic carbocycles. The second-order valence-corrected chi connectivity index (χ2v) is 6.78. The Morgan fingerprint density at radius 1 is 1.48 bits per heavy atom. The molecule has 1 amide bonds. The van der Waals surface area contributed by atoms with Crippen molar-refractivity contribution in [2.45, 2.75) is 25.7 Å². The first-order chi connectivity index (χ1) is 10.1. The van der Waals surface area contributed by atoms with Gasteiger partial charge < -0.3 is 5.32 Å². The number of carbonyl (C=O) groups excluding carboxylic acids is 1. The first-order valence-electron chi connectivity index (χ1n) is 7.10. The highest BCUT2D eigenvalue weighted by Gasteiger charge is 2.29. The molecule has 110 valence electrons. The van der Waals surface area contributed by atoms with Gasteiger partial charge >= 0.3 is 0 Å². The molecule has 0 radical (unpaired) electrons. The average molecular weight is 365 g/mol. The summed E-state index contributed by atoms with van der Waals surface area (Å²) in [6.45, 7) is 2.58. The number of hydrogen-bond donors (Lipinski definition) is 2. The molecular weight excluding hydrogens is 348 g/mol. The maximum atomic E-state index is 12.6. The van der Waals surface area contributed by atoms with Crippen molar-refractivity contribution in [1.29, 1.82) is 0 Å². The third kappa shape index (κ3) is 2.94. The number of fused-ring (bicyclic) bond motifs is 1. The normalized spacial score (nSPS) is 14.4. The number of nitrogens with zero attached hydrogens (tertiary/aromatic N) is 1. The van der Waals surface area contributed by atoms with Crippen LogP contribution in [0.2, 0.25) is 0 Å². The lowest BCUT2D eigenvalue weighted by molar-refractivity contribution is 0.0957. The van der Waals surface area contributed by atoms with Crippen molar-refractivity contribution in [3.05, 3.63) is 39.5 Å². The maximum absolute atomic E-state index is 12.6. The molecule has 5 heteroatoms. The third-order valence-corrected chi connectivity index (χ3v) is 4.53. The number of thiol groups is 1. The van der Waals surface area contributed by atoms with Crippen LogP contribution in [-0.4, -0.2) is 23.2 Å². The standard InChI is InChI=1S/C16H17BrN2OS/c1-9-14(16(20)18-6-7-21)12-8-11(17)4-5-13(12)19-15(9)10-2-3-10/h4-5,8,10,21H,2-3,6-7H2,1H3,(H,18,20). The highest BCUT2D eigenvalue weighted by molar-refractivity contribution is 9.10. The monoisotopic (exact) mass is 364 g/mol. The van der Waals surface area contributed by atoms with Gasteiger partial charge in [-0.3, -0.25) is 9.78 Å². The van der Waals surface area contributed by atoms with Gasteiger partial charge in [-0.15, -0.1) is 0 Å². The van der Waals surface area contributed by atoms with Crippen LogP contribution in [0.25, 0.3) is 10.9 Å². The summed E-state index contributed by atoms with van der Waals surface area (Å²) < 4.78 is 0.957. The van der Waals surface area contributed by atoms with Crippen LogP contribution >= 0.6 is 28.6 Å². The molecule has 0 unspecified atom stereocenters. The van der Waals surface area contributed by atoms with Crippen LogP contribution in [0, 0.1) is 6.92 Å². The summed E-state index contributed by atoms with van der Waals surface area (Å²) in [7, 11) is 0. The average Bonchev–Trinajstić information content (AvgIpc) is 3.28. The zero-order valence-corrected chi connectivity index (χ0v) is 14.3. The van der Waals surface area contributed by atoms with E-state index in [9.17, 15) is 4.79 Å². The van der Waals surface area contributed by atoms with Gasteiger partial charge in [-0.1, -0.05) is 15.9 Å². The quantitative estimate of drug-likeness (QED) is 0.809. The van der Waals surface area contributed by atoms with E-state index < -0.39 is 0 Å². The predicted molar refractivity (Wildman–Crippen MR) is 92.3 cm³/mol. The number of nitrogens with one attached hydrogen (secondary N) is 1. The second kappa shape index (κ2) is 5.97. The number of hydrogen-bond acceptors (Lipinski definition) is 3.